The van der Waals surface area contributed by atoms with E-state index in [1.54, 1.807) is 18.3 Å². The molecule has 1 saturated carbocycles. The molecule has 172 valence electrons. The zero-order valence-electron chi connectivity index (χ0n) is 19.1. The van der Waals surface area contributed by atoms with Gasteiger partial charge in [0.2, 0.25) is 5.43 Å². The molecule has 1 aliphatic carbocycles. The summed E-state index contributed by atoms with van der Waals surface area (Å²) in [5, 5.41) is 3.10. The second-order valence-electron chi connectivity index (χ2n) is 9.02. The molecule has 0 spiro atoms. The van der Waals surface area contributed by atoms with Gasteiger partial charge in [-0.25, -0.2) is 4.39 Å². The summed E-state index contributed by atoms with van der Waals surface area (Å²) in [6.07, 6.45) is 3.63. The number of nitrogens with zero attached hydrogens (tertiary/aromatic N) is 3. The number of pyridine rings is 1. The molecular weight excluding hydrogens is 419 g/mol. The van der Waals surface area contributed by atoms with Crippen molar-refractivity contribution < 1.29 is 9.18 Å². The van der Waals surface area contributed by atoms with E-state index in [9.17, 15) is 9.59 Å². The summed E-state index contributed by atoms with van der Waals surface area (Å²) in [5.41, 5.74) is 2.41. The summed E-state index contributed by atoms with van der Waals surface area (Å²) in [5.74, 6) is -0.880. The van der Waals surface area contributed by atoms with Gasteiger partial charge in [0, 0.05) is 49.5 Å². The molecule has 5 rings (SSSR count). The Hall–Kier alpha value is -3.19. The molecule has 7 heteroatoms. The fourth-order valence-electron chi connectivity index (χ4n) is 4.63. The molecule has 0 radical (unpaired) electrons. The maximum atomic E-state index is 15.2. The summed E-state index contributed by atoms with van der Waals surface area (Å²) in [6, 6.07) is 10.8. The van der Waals surface area contributed by atoms with Gasteiger partial charge in [-0.15, -0.1) is 0 Å². The molecule has 2 aromatic carbocycles. The van der Waals surface area contributed by atoms with Crippen molar-refractivity contribution in [2.75, 3.05) is 42.9 Å². The number of aryl methyl sites for hydroxylation is 1. The van der Waals surface area contributed by atoms with Gasteiger partial charge in [-0.3, -0.25) is 9.59 Å². The molecule has 0 bridgehead atoms. The van der Waals surface area contributed by atoms with Gasteiger partial charge in [0.05, 0.1) is 11.2 Å². The lowest BCUT2D eigenvalue weighted by atomic mass is 10.1. The van der Waals surface area contributed by atoms with Crippen LogP contribution < -0.4 is 15.6 Å². The number of rotatable bonds is 5. The quantitative estimate of drug-likeness (QED) is 0.636. The van der Waals surface area contributed by atoms with Gasteiger partial charge < -0.3 is 19.7 Å². The molecule has 1 amide bonds. The Morgan fingerprint density at radius 3 is 2.52 bits per heavy atom. The van der Waals surface area contributed by atoms with Crippen molar-refractivity contribution >= 4 is 28.2 Å². The van der Waals surface area contributed by atoms with Crippen LogP contribution in [-0.4, -0.2) is 48.1 Å². The molecule has 2 aliphatic rings. The standard InChI is InChI=1S/C26H29FN4O2/c1-3-29-10-12-30(13-11-29)24-15-23-19(14-21(24)27)25(32)20(16-31(23)18-8-9-18)26(33)28-22-7-5-4-6-17(22)2/h4-7,14-16,18H,3,8-13H2,1-2H3,(H,28,33). The minimum atomic E-state index is -0.467. The zero-order valence-corrected chi connectivity index (χ0v) is 19.1. The van der Waals surface area contributed by atoms with Gasteiger partial charge in [-0.2, -0.15) is 0 Å². The van der Waals surface area contributed by atoms with Crippen molar-refractivity contribution in [1.29, 1.82) is 0 Å². The highest BCUT2D eigenvalue weighted by molar-refractivity contribution is 6.06. The molecule has 2 heterocycles. The molecule has 6 nitrogen and oxygen atoms in total. The minimum Gasteiger partial charge on any atom is -0.367 e. The Balaban J connectivity index is 1.56. The van der Waals surface area contributed by atoms with Crippen LogP contribution in [0.1, 0.15) is 41.7 Å². The predicted octanol–water partition coefficient (Wildman–Crippen LogP) is 4.18. The number of aromatic nitrogens is 1. The van der Waals surface area contributed by atoms with E-state index in [2.05, 4.69) is 22.0 Å². The highest BCUT2D eigenvalue weighted by atomic mass is 19.1. The summed E-state index contributed by atoms with van der Waals surface area (Å²) >= 11 is 0. The number of carbonyl (C=O) groups excluding carboxylic acids is 1. The smallest absolute Gasteiger partial charge is 0.261 e. The Morgan fingerprint density at radius 1 is 1.12 bits per heavy atom. The van der Waals surface area contributed by atoms with Crippen LogP contribution in [0.4, 0.5) is 15.8 Å². The number of benzene rings is 2. The van der Waals surface area contributed by atoms with E-state index in [4.69, 9.17) is 0 Å². The summed E-state index contributed by atoms with van der Waals surface area (Å²) < 4.78 is 17.2. The van der Waals surface area contributed by atoms with Gasteiger partial charge in [0.15, 0.2) is 0 Å². The number of hydrogen-bond donors (Lipinski definition) is 1. The average Bonchev–Trinajstić information content (AvgIpc) is 3.66. The van der Waals surface area contributed by atoms with E-state index < -0.39 is 17.2 Å². The lowest BCUT2D eigenvalue weighted by molar-refractivity contribution is 0.102. The first-order valence-corrected chi connectivity index (χ1v) is 11.7. The molecule has 1 saturated heterocycles. The second kappa shape index (κ2) is 8.63. The average molecular weight is 449 g/mol. The summed E-state index contributed by atoms with van der Waals surface area (Å²) in [7, 11) is 0. The Kier molecular flexibility index (Phi) is 5.66. The van der Waals surface area contributed by atoms with E-state index in [1.807, 2.05) is 29.7 Å². The summed E-state index contributed by atoms with van der Waals surface area (Å²) in [6.45, 7) is 8.30. The van der Waals surface area contributed by atoms with E-state index in [1.165, 1.54) is 6.07 Å². The third kappa shape index (κ3) is 4.13. The molecule has 3 aromatic rings. The number of halogens is 1. The summed E-state index contributed by atoms with van der Waals surface area (Å²) in [4.78, 5) is 30.8. The Bertz CT molecular complexity index is 1270. The number of nitrogens with one attached hydrogen (secondary N) is 1. The second-order valence-corrected chi connectivity index (χ2v) is 9.02. The zero-order chi connectivity index (χ0) is 23.1. The van der Waals surface area contributed by atoms with Gasteiger partial charge in [-0.05, 0) is 50.1 Å². The van der Waals surface area contributed by atoms with Crippen molar-refractivity contribution in [3.8, 4) is 0 Å². The number of anilines is 2. The van der Waals surface area contributed by atoms with E-state index in [0.29, 0.717) is 16.9 Å². The predicted molar refractivity (Wildman–Crippen MR) is 130 cm³/mol. The van der Waals surface area contributed by atoms with Crippen LogP contribution in [0.3, 0.4) is 0 Å². The first kappa shape index (κ1) is 21.6. The lowest BCUT2D eigenvalue weighted by Gasteiger charge is -2.35. The topological polar surface area (TPSA) is 57.6 Å². The van der Waals surface area contributed by atoms with Crippen LogP contribution in [0.5, 0.6) is 0 Å². The lowest BCUT2D eigenvalue weighted by Crippen LogP contribution is -2.46. The fourth-order valence-corrected chi connectivity index (χ4v) is 4.63. The number of para-hydroxylation sites is 1. The molecule has 0 atom stereocenters. The van der Waals surface area contributed by atoms with Crippen LogP contribution in [0.15, 0.2) is 47.4 Å². The normalized spacial score (nSPS) is 16.9. The molecule has 1 N–H and O–H groups in total. The van der Waals surface area contributed by atoms with Crippen LogP contribution in [0, 0.1) is 12.7 Å². The maximum Gasteiger partial charge on any atom is 0.261 e. The highest BCUT2D eigenvalue weighted by Gasteiger charge is 2.28. The molecule has 2 fully saturated rings. The van der Waals surface area contributed by atoms with E-state index in [0.717, 1.165) is 51.1 Å². The number of likely N-dealkylation sites (N-methyl/N-ethyl adjacent to an activating group) is 1. The van der Waals surface area contributed by atoms with E-state index >= 15 is 4.39 Å². The van der Waals surface area contributed by atoms with Gasteiger partial charge in [0.25, 0.3) is 5.91 Å². The molecule has 33 heavy (non-hydrogen) atoms. The molecule has 1 aliphatic heterocycles. The number of piperazine rings is 1. The highest BCUT2D eigenvalue weighted by Crippen LogP contribution is 2.38. The van der Waals surface area contributed by atoms with Crippen molar-refractivity contribution in [2.45, 2.75) is 32.7 Å². The molecular formula is C26H29FN4O2. The van der Waals surface area contributed by atoms with Crippen LogP contribution in [0.2, 0.25) is 0 Å². The van der Waals surface area contributed by atoms with Crippen molar-refractivity contribution in [3.63, 3.8) is 0 Å². The van der Waals surface area contributed by atoms with Crippen molar-refractivity contribution in [1.82, 2.24) is 9.47 Å². The minimum absolute atomic E-state index is 0.0429. The van der Waals surface area contributed by atoms with Crippen molar-refractivity contribution in [2.24, 2.45) is 0 Å². The number of hydrogen-bond acceptors (Lipinski definition) is 4. The van der Waals surface area contributed by atoms with Crippen LogP contribution >= 0.6 is 0 Å². The Morgan fingerprint density at radius 2 is 1.85 bits per heavy atom. The van der Waals surface area contributed by atoms with Crippen molar-refractivity contribution in [3.05, 3.63) is 69.8 Å². The Labute approximate surface area is 192 Å². The number of fused-ring (bicyclic) bond motifs is 1. The third-order valence-electron chi connectivity index (χ3n) is 6.84. The number of amides is 1. The fraction of sp³-hybridized carbons (Fsp3) is 0.385. The molecule has 1 aromatic heterocycles. The van der Waals surface area contributed by atoms with E-state index in [-0.39, 0.29) is 17.0 Å². The van der Waals surface area contributed by atoms with Gasteiger partial charge >= 0.3 is 0 Å². The first-order chi connectivity index (χ1) is 16.0. The maximum absolute atomic E-state index is 15.2. The molecule has 0 unspecified atom stereocenters. The monoisotopic (exact) mass is 448 g/mol. The number of carbonyl (C=O) groups is 1. The van der Waals surface area contributed by atoms with Gasteiger partial charge in [0.1, 0.15) is 11.4 Å². The third-order valence-corrected chi connectivity index (χ3v) is 6.84. The SMILES string of the molecule is CCN1CCN(c2cc3c(cc2F)c(=O)c(C(=O)Nc2ccccc2C)cn3C2CC2)CC1. The van der Waals surface area contributed by atoms with Crippen LogP contribution in [-0.2, 0) is 0 Å². The first-order valence-electron chi connectivity index (χ1n) is 11.7. The largest absolute Gasteiger partial charge is 0.367 e. The van der Waals surface area contributed by atoms with Crippen LogP contribution in [0.25, 0.3) is 10.9 Å². The van der Waals surface area contributed by atoms with Gasteiger partial charge in [-0.1, -0.05) is 25.1 Å².